The average Bonchev–Trinajstić information content (AvgIpc) is 2.40. The van der Waals surface area contributed by atoms with Crippen LogP contribution < -0.4 is 4.74 Å². The van der Waals surface area contributed by atoms with Crippen LogP contribution in [0.1, 0.15) is 11.3 Å². The lowest BCUT2D eigenvalue weighted by molar-refractivity contribution is 0.279. The molecule has 0 aliphatic carbocycles. The van der Waals surface area contributed by atoms with Crippen molar-refractivity contribution in [2.45, 2.75) is 6.61 Å². The molecule has 0 saturated carbocycles. The summed E-state index contributed by atoms with van der Waals surface area (Å²) in [5.74, 6) is -1.54. The van der Waals surface area contributed by atoms with Crippen molar-refractivity contribution in [3.63, 3.8) is 0 Å². The molecule has 96 valence electrons. The lowest BCUT2D eigenvalue weighted by Gasteiger charge is -2.09. The molecule has 0 aliphatic heterocycles. The van der Waals surface area contributed by atoms with Crippen LogP contribution in [-0.4, -0.2) is 4.98 Å². The van der Waals surface area contributed by atoms with E-state index in [1.54, 1.807) is 6.07 Å². The minimum absolute atomic E-state index is 0.0300. The summed E-state index contributed by atoms with van der Waals surface area (Å²) in [5.41, 5.74) is -0.0259. The standard InChI is InChI=1S/C13H7ClF2N2O/c14-12-5-4-9(15)11(18-12)7-19-13-8(6-17)2-1-3-10(13)16/h1-5H,7H2. The van der Waals surface area contributed by atoms with Crippen molar-refractivity contribution in [2.24, 2.45) is 0 Å². The van der Waals surface area contributed by atoms with Gasteiger partial charge in [0.05, 0.1) is 5.56 Å². The third kappa shape index (κ3) is 2.98. The molecule has 1 heterocycles. The molecule has 2 aromatic rings. The number of pyridine rings is 1. The molecule has 0 atom stereocenters. The molecule has 0 bridgehead atoms. The number of nitriles is 1. The quantitative estimate of drug-likeness (QED) is 0.809. The molecule has 6 heteroatoms. The summed E-state index contributed by atoms with van der Waals surface area (Å²) in [6.07, 6.45) is 0. The molecule has 0 spiro atoms. The number of hydrogen-bond acceptors (Lipinski definition) is 3. The Bertz CT molecular complexity index is 656. The maximum absolute atomic E-state index is 13.5. The van der Waals surface area contributed by atoms with Crippen molar-refractivity contribution in [3.05, 3.63) is 58.4 Å². The van der Waals surface area contributed by atoms with Gasteiger partial charge in [0.1, 0.15) is 29.3 Å². The van der Waals surface area contributed by atoms with E-state index < -0.39 is 11.6 Å². The summed E-state index contributed by atoms with van der Waals surface area (Å²) in [4.78, 5) is 3.73. The van der Waals surface area contributed by atoms with Crippen LogP contribution in [-0.2, 0) is 6.61 Å². The number of halogens is 3. The smallest absolute Gasteiger partial charge is 0.173 e. The van der Waals surface area contributed by atoms with Crippen LogP contribution in [0.2, 0.25) is 5.15 Å². The van der Waals surface area contributed by atoms with Crippen LogP contribution in [0.5, 0.6) is 5.75 Å². The molecule has 2 rings (SSSR count). The molecular weight excluding hydrogens is 274 g/mol. The van der Waals surface area contributed by atoms with Gasteiger partial charge in [-0.1, -0.05) is 17.7 Å². The van der Waals surface area contributed by atoms with Gasteiger partial charge in [0.2, 0.25) is 0 Å². The molecule has 0 unspecified atom stereocenters. The Morgan fingerprint density at radius 2 is 2.00 bits per heavy atom. The second-order valence-corrected chi connectivity index (χ2v) is 3.97. The van der Waals surface area contributed by atoms with Crippen molar-refractivity contribution < 1.29 is 13.5 Å². The number of benzene rings is 1. The Balaban J connectivity index is 2.24. The largest absolute Gasteiger partial charge is 0.483 e. The molecule has 0 saturated heterocycles. The van der Waals surface area contributed by atoms with E-state index in [-0.39, 0.29) is 28.8 Å². The molecule has 0 aliphatic rings. The fraction of sp³-hybridized carbons (Fsp3) is 0.0769. The normalized spacial score (nSPS) is 10.0. The van der Waals surface area contributed by atoms with Crippen molar-refractivity contribution in [1.29, 1.82) is 5.26 Å². The van der Waals surface area contributed by atoms with Gasteiger partial charge in [0, 0.05) is 0 Å². The summed E-state index contributed by atoms with van der Waals surface area (Å²) in [7, 11) is 0. The first-order valence-electron chi connectivity index (χ1n) is 5.24. The number of hydrogen-bond donors (Lipinski definition) is 0. The maximum Gasteiger partial charge on any atom is 0.173 e. The second-order valence-electron chi connectivity index (χ2n) is 3.58. The Morgan fingerprint density at radius 1 is 1.21 bits per heavy atom. The van der Waals surface area contributed by atoms with E-state index >= 15 is 0 Å². The molecule has 19 heavy (non-hydrogen) atoms. The van der Waals surface area contributed by atoms with E-state index in [0.717, 1.165) is 12.1 Å². The van der Waals surface area contributed by atoms with Crippen LogP contribution in [0.15, 0.2) is 30.3 Å². The van der Waals surface area contributed by atoms with E-state index in [4.69, 9.17) is 21.6 Å². The Kier molecular flexibility index (Phi) is 3.93. The van der Waals surface area contributed by atoms with Crippen LogP contribution in [0.25, 0.3) is 0 Å². The number of para-hydroxylation sites is 1. The highest BCUT2D eigenvalue weighted by molar-refractivity contribution is 6.29. The predicted octanol–water partition coefficient (Wildman–Crippen LogP) is 3.46. The van der Waals surface area contributed by atoms with Gasteiger partial charge in [-0.05, 0) is 24.3 Å². The molecule has 3 nitrogen and oxygen atoms in total. The first-order chi connectivity index (χ1) is 9.11. The maximum atomic E-state index is 13.5. The topological polar surface area (TPSA) is 45.9 Å². The van der Waals surface area contributed by atoms with Gasteiger partial charge in [0.15, 0.2) is 11.6 Å². The van der Waals surface area contributed by atoms with Crippen molar-refractivity contribution in [2.75, 3.05) is 0 Å². The van der Waals surface area contributed by atoms with Gasteiger partial charge in [-0.3, -0.25) is 0 Å². The molecule has 0 amide bonds. The molecular formula is C13H7ClF2N2O. The average molecular weight is 281 g/mol. The van der Waals surface area contributed by atoms with E-state index in [0.29, 0.717) is 0 Å². The summed E-state index contributed by atoms with van der Waals surface area (Å²) >= 11 is 5.63. The van der Waals surface area contributed by atoms with Crippen LogP contribution in [0.3, 0.4) is 0 Å². The number of aromatic nitrogens is 1. The minimum atomic E-state index is -0.693. The fourth-order valence-electron chi connectivity index (χ4n) is 1.44. The number of rotatable bonds is 3. The minimum Gasteiger partial charge on any atom is -0.483 e. The van der Waals surface area contributed by atoms with Gasteiger partial charge >= 0.3 is 0 Å². The molecule has 0 fully saturated rings. The first-order valence-corrected chi connectivity index (χ1v) is 5.62. The molecule has 1 aromatic heterocycles. The van der Waals surface area contributed by atoms with Gasteiger partial charge in [0.25, 0.3) is 0 Å². The third-order valence-electron chi connectivity index (χ3n) is 2.33. The monoisotopic (exact) mass is 280 g/mol. The van der Waals surface area contributed by atoms with Gasteiger partial charge in [-0.25, -0.2) is 13.8 Å². The van der Waals surface area contributed by atoms with Crippen molar-refractivity contribution in [3.8, 4) is 11.8 Å². The van der Waals surface area contributed by atoms with Gasteiger partial charge in [-0.15, -0.1) is 0 Å². The van der Waals surface area contributed by atoms with Gasteiger partial charge < -0.3 is 4.74 Å². The first kappa shape index (κ1) is 13.2. The van der Waals surface area contributed by atoms with Crippen molar-refractivity contribution >= 4 is 11.6 Å². The highest BCUT2D eigenvalue weighted by Crippen LogP contribution is 2.23. The zero-order valence-electron chi connectivity index (χ0n) is 9.53. The zero-order chi connectivity index (χ0) is 13.8. The summed E-state index contributed by atoms with van der Waals surface area (Å²) in [6, 6.07) is 8.17. The van der Waals surface area contributed by atoms with Crippen LogP contribution in [0, 0.1) is 23.0 Å². The number of nitrogens with zero attached hydrogens (tertiary/aromatic N) is 2. The Hall–Kier alpha value is -2.19. The fourth-order valence-corrected chi connectivity index (χ4v) is 1.61. The highest BCUT2D eigenvalue weighted by atomic mass is 35.5. The lowest BCUT2D eigenvalue weighted by atomic mass is 10.2. The Labute approximate surface area is 113 Å². The van der Waals surface area contributed by atoms with E-state index in [1.807, 2.05) is 0 Å². The molecule has 0 N–H and O–H groups in total. The SMILES string of the molecule is N#Cc1cccc(F)c1OCc1nc(Cl)ccc1F. The third-order valence-corrected chi connectivity index (χ3v) is 2.54. The Morgan fingerprint density at radius 3 is 2.74 bits per heavy atom. The van der Waals surface area contributed by atoms with E-state index in [2.05, 4.69) is 4.98 Å². The predicted molar refractivity (Wildman–Crippen MR) is 64.7 cm³/mol. The van der Waals surface area contributed by atoms with E-state index in [1.165, 1.54) is 18.2 Å². The number of ether oxygens (including phenoxy) is 1. The summed E-state index contributed by atoms with van der Waals surface area (Å²) in [6.45, 7) is -0.317. The van der Waals surface area contributed by atoms with E-state index in [9.17, 15) is 8.78 Å². The zero-order valence-corrected chi connectivity index (χ0v) is 10.3. The second kappa shape index (κ2) is 5.63. The summed E-state index contributed by atoms with van der Waals surface area (Å²) < 4.78 is 32.0. The van der Waals surface area contributed by atoms with Crippen LogP contribution in [0.4, 0.5) is 8.78 Å². The molecule has 0 radical (unpaired) electrons. The van der Waals surface area contributed by atoms with Crippen LogP contribution >= 0.6 is 11.6 Å². The molecule has 1 aromatic carbocycles. The summed E-state index contributed by atoms with van der Waals surface area (Å²) in [5, 5.41) is 8.94. The highest BCUT2D eigenvalue weighted by Gasteiger charge is 2.12. The van der Waals surface area contributed by atoms with Crippen molar-refractivity contribution in [1.82, 2.24) is 4.98 Å². The lowest BCUT2D eigenvalue weighted by Crippen LogP contribution is -2.04. The van der Waals surface area contributed by atoms with Gasteiger partial charge in [-0.2, -0.15) is 5.26 Å².